The lowest BCUT2D eigenvalue weighted by Crippen LogP contribution is -2.35. The zero-order valence-corrected chi connectivity index (χ0v) is 9.44. The lowest BCUT2D eigenvalue weighted by Gasteiger charge is -2.20. The van der Waals surface area contributed by atoms with Crippen molar-refractivity contribution in [1.82, 2.24) is 14.9 Å². The van der Waals surface area contributed by atoms with E-state index in [1.165, 1.54) is 6.42 Å². The summed E-state index contributed by atoms with van der Waals surface area (Å²) in [5.74, 6) is 6.17. The van der Waals surface area contributed by atoms with Crippen LogP contribution in [0.1, 0.15) is 43.7 Å². The predicted octanol–water partition coefficient (Wildman–Crippen LogP) is 0.441. The van der Waals surface area contributed by atoms with Gasteiger partial charge in [-0.1, -0.05) is 19.3 Å². The number of rotatable bonds is 2. The quantitative estimate of drug-likeness (QED) is 0.711. The third-order valence-electron chi connectivity index (χ3n) is 3.13. The van der Waals surface area contributed by atoms with E-state index in [-0.39, 0.29) is 11.5 Å². The molecule has 1 fully saturated rings. The number of hydrogen-bond donors (Lipinski definition) is 2. The number of nitrogens with zero attached hydrogens (tertiary/aromatic N) is 3. The van der Waals surface area contributed by atoms with Crippen molar-refractivity contribution in [3.63, 3.8) is 0 Å². The molecular formula is C10H17N5O. The van der Waals surface area contributed by atoms with Crippen LogP contribution in [0.4, 0.5) is 5.95 Å². The summed E-state index contributed by atoms with van der Waals surface area (Å²) in [5.41, 5.74) is 0.285. The third kappa shape index (κ3) is 1.87. The van der Waals surface area contributed by atoms with Gasteiger partial charge in [0.2, 0.25) is 5.95 Å². The second-order valence-corrected chi connectivity index (χ2v) is 4.17. The molecule has 6 nitrogen and oxygen atoms in total. The molecule has 0 unspecified atom stereocenters. The van der Waals surface area contributed by atoms with Gasteiger partial charge < -0.3 is 11.2 Å². The molecule has 1 aromatic rings. The fraction of sp³-hybridized carbons (Fsp3) is 0.700. The van der Waals surface area contributed by atoms with Gasteiger partial charge >= 0.3 is 0 Å². The molecule has 1 aliphatic carbocycles. The van der Waals surface area contributed by atoms with Crippen molar-refractivity contribution in [3.05, 3.63) is 16.0 Å². The SMILES string of the molecule is CNc1nnc(C2CCCCC2)c(=O)n1N. The lowest BCUT2D eigenvalue weighted by atomic mass is 9.87. The first-order chi connectivity index (χ1) is 7.74. The second kappa shape index (κ2) is 4.51. The molecule has 0 spiro atoms. The van der Waals surface area contributed by atoms with Crippen LogP contribution in [0.3, 0.4) is 0 Å². The highest BCUT2D eigenvalue weighted by Crippen LogP contribution is 2.29. The molecule has 88 valence electrons. The summed E-state index contributed by atoms with van der Waals surface area (Å²) >= 11 is 0. The molecule has 3 N–H and O–H groups in total. The summed E-state index contributed by atoms with van der Waals surface area (Å²) in [7, 11) is 1.66. The third-order valence-corrected chi connectivity index (χ3v) is 3.13. The minimum atomic E-state index is -0.230. The number of hydrogen-bond acceptors (Lipinski definition) is 5. The number of nitrogens with one attached hydrogen (secondary N) is 1. The van der Waals surface area contributed by atoms with Gasteiger partial charge in [0.1, 0.15) is 5.69 Å². The average Bonchev–Trinajstić information content (AvgIpc) is 2.34. The van der Waals surface area contributed by atoms with Gasteiger partial charge in [-0.15, -0.1) is 10.2 Å². The molecule has 0 saturated heterocycles. The highest BCUT2D eigenvalue weighted by Gasteiger charge is 2.21. The van der Waals surface area contributed by atoms with Crippen LogP contribution in [0.2, 0.25) is 0 Å². The summed E-state index contributed by atoms with van der Waals surface area (Å²) in [6.07, 6.45) is 5.59. The monoisotopic (exact) mass is 223 g/mol. The molecule has 1 saturated carbocycles. The first kappa shape index (κ1) is 10.9. The Bertz CT molecular complexity index is 422. The number of nitrogens with two attached hydrogens (primary N) is 1. The van der Waals surface area contributed by atoms with Gasteiger partial charge in [0.05, 0.1) is 0 Å². The minimum Gasteiger partial charge on any atom is -0.356 e. The molecule has 1 aromatic heterocycles. The summed E-state index contributed by atoms with van der Waals surface area (Å²) in [5, 5.41) is 10.6. The Labute approximate surface area is 93.8 Å². The van der Waals surface area contributed by atoms with Crippen LogP contribution in [-0.4, -0.2) is 21.9 Å². The maximum absolute atomic E-state index is 11.9. The summed E-state index contributed by atoms with van der Waals surface area (Å²) in [6.45, 7) is 0. The molecule has 1 aliphatic rings. The van der Waals surface area contributed by atoms with Crippen LogP contribution in [0, 0.1) is 0 Å². The molecular weight excluding hydrogens is 206 g/mol. The van der Waals surface area contributed by atoms with Crippen LogP contribution >= 0.6 is 0 Å². The Morgan fingerprint density at radius 3 is 2.62 bits per heavy atom. The van der Waals surface area contributed by atoms with E-state index in [0.717, 1.165) is 30.4 Å². The van der Waals surface area contributed by atoms with Gasteiger partial charge in [-0.05, 0) is 12.8 Å². The van der Waals surface area contributed by atoms with E-state index in [2.05, 4.69) is 15.5 Å². The molecule has 16 heavy (non-hydrogen) atoms. The topological polar surface area (TPSA) is 85.8 Å². The van der Waals surface area contributed by atoms with Gasteiger partial charge in [-0.3, -0.25) is 4.79 Å². The second-order valence-electron chi connectivity index (χ2n) is 4.17. The maximum Gasteiger partial charge on any atom is 0.295 e. The van der Waals surface area contributed by atoms with Crippen molar-refractivity contribution < 1.29 is 0 Å². The first-order valence-corrected chi connectivity index (χ1v) is 5.66. The van der Waals surface area contributed by atoms with Crippen molar-refractivity contribution in [2.45, 2.75) is 38.0 Å². The Hall–Kier alpha value is -1.59. The van der Waals surface area contributed by atoms with E-state index in [1.54, 1.807) is 7.05 Å². The highest BCUT2D eigenvalue weighted by molar-refractivity contribution is 5.23. The van der Waals surface area contributed by atoms with E-state index < -0.39 is 0 Å². The number of nitrogen functional groups attached to an aromatic ring is 1. The van der Waals surface area contributed by atoms with Gasteiger partial charge in [-0.25, -0.2) is 0 Å². The largest absolute Gasteiger partial charge is 0.356 e. The highest BCUT2D eigenvalue weighted by atomic mass is 16.1. The fourth-order valence-corrected chi connectivity index (χ4v) is 2.21. The summed E-state index contributed by atoms with van der Waals surface area (Å²) in [4.78, 5) is 11.9. The zero-order valence-electron chi connectivity index (χ0n) is 9.44. The van der Waals surface area contributed by atoms with Crippen LogP contribution in [0.25, 0.3) is 0 Å². The predicted molar refractivity (Wildman–Crippen MR) is 61.8 cm³/mol. The van der Waals surface area contributed by atoms with Gasteiger partial charge in [0, 0.05) is 13.0 Å². The minimum absolute atomic E-state index is 0.230. The van der Waals surface area contributed by atoms with Crippen molar-refractivity contribution in [1.29, 1.82) is 0 Å². The normalized spacial score (nSPS) is 17.3. The molecule has 6 heteroatoms. The van der Waals surface area contributed by atoms with E-state index in [1.807, 2.05) is 0 Å². The van der Waals surface area contributed by atoms with Crippen molar-refractivity contribution >= 4 is 5.95 Å². The fourth-order valence-electron chi connectivity index (χ4n) is 2.21. The van der Waals surface area contributed by atoms with Crippen LogP contribution < -0.4 is 16.7 Å². The summed E-state index contributed by atoms with van der Waals surface area (Å²) < 4.78 is 1.04. The average molecular weight is 223 g/mol. The molecule has 0 amide bonds. The standard InChI is InChI=1S/C10H17N5O/c1-12-10-14-13-8(9(16)15(10)11)7-5-3-2-4-6-7/h7H,2-6,11H2,1H3,(H,12,14). The Morgan fingerprint density at radius 1 is 1.31 bits per heavy atom. The molecule has 0 aromatic carbocycles. The molecule has 1 heterocycles. The van der Waals surface area contributed by atoms with E-state index in [0.29, 0.717) is 11.6 Å². The molecule has 2 rings (SSSR count). The van der Waals surface area contributed by atoms with Crippen molar-refractivity contribution in [2.24, 2.45) is 0 Å². The summed E-state index contributed by atoms with van der Waals surface area (Å²) in [6, 6.07) is 0. The van der Waals surface area contributed by atoms with E-state index in [4.69, 9.17) is 5.84 Å². The first-order valence-electron chi connectivity index (χ1n) is 5.66. The number of anilines is 1. The van der Waals surface area contributed by atoms with Crippen LogP contribution in [-0.2, 0) is 0 Å². The zero-order chi connectivity index (χ0) is 11.5. The maximum atomic E-state index is 11.9. The van der Waals surface area contributed by atoms with Crippen molar-refractivity contribution in [3.8, 4) is 0 Å². The number of aromatic nitrogens is 3. The van der Waals surface area contributed by atoms with Gasteiger partial charge in [-0.2, -0.15) is 4.68 Å². The Kier molecular flexibility index (Phi) is 3.07. The van der Waals surface area contributed by atoms with Crippen LogP contribution in [0.5, 0.6) is 0 Å². The van der Waals surface area contributed by atoms with Crippen LogP contribution in [0.15, 0.2) is 4.79 Å². The van der Waals surface area contributed by atoms with Gasteiger partial charge in [0.25, 0.3) is 5.56 Å². The van der Waals surface area contributed by atoms with E-state index >= 15 is 0 Å². The molecule has 0 bridgehead atoms. The Balaban J connectivity index is 2.34. The van der Waals surface area contributed by atoms with Crippen molar-refractivity contribution in [2.75, 3.05) is 18.2 Å². The molecule has 0 atom stereocenters. The lowest BCUT2D eigenvalue weighted by molar-refractivity contribution is 0.428. The molecule has 0 radical (unpaired) electrons. The van der Waals surface area contributed by atoms with Gasteiger partial charge in [0.15, 0.2) is 0 Å². The smallest absolute Gasteiger partial charge is 0.295 e. The van der Waals surface area contributed by atoms with E-state index in [9.17, 15) is 4.79 Å². The Morgan fingerprint density at radius 2 is 2.00 bits per heavy atom. The molecule has 0 aliphatic heterocycles.